The zero-order valence-electron chi connectivity index (χ0n) is 6.51. The van der Waals surface area contributed by atoms with Gasteiger partial charge in [-0.25, -0.2) is 0 Å². The van der Waals surface area contributed by atoms with Crippen molar-refractivity contribution in [3.05, 3.63) is 35.9 Å². The summed E-state index contributed by atoms with van der Waals surface area (Å²) in [6, 6.07) is 11.9. The van der Waals surface area contributed by atoms with E-state index in [9.17, 15) is 0 Å². The summed E-state index contributed by atoms with van der Waals surface area (Å²) in [5.41, 5.74) is 1.38. The fraction of sp³-hybridized carbons (Fsp3) is 0.400. The molecule has 0 spiro atoms. The minimum Gasteiger partial charge on any atom is -0.310 e. The molecule has 0 aromatic heterocycles. The molecular formula is C10H12N. The van der Waals surface area contributed by atoms with Crippen LogP contribution in [0.4, 0.5) is 0 Å². The predicted molar refractivity (Wildman–Crippen MR) is 45.3 cm³/mol. The van der Waals surface area contributed by atoms with Crippen molar-refractivity contribution >= 4 is 0 Å². The average molecular weight is 146 g/mol. The van der Waals surface area contributed by atoms with Crippen LogP contribution in [0, 0.1) is 6.07 Å². The van der Waals surface area contributed by atoms with Gasteiger partial charge in [-0.05, 0) is 37.1 Å². The molecule has 1 N–H and O–H groups in total. The largest absolute Gasteiger partial charge is 0.310 e. The van der Waals surface area contributed by atoms with Crippen LogP contribution in [0.2, 0.25) is 0 Å². The summed E-state index contributed by atoms with van der Waals surface area (Å²) in [5, 5.41) is 3.45. The quantitative estimate of drug-likeness (QED) is 0.638. The third kappa shape index (κ3) is 1.43. The Balaban J connectivity index is 2.16. The molecule has 11 heavy (non-hydrogen) atoms. The van der Waals surface area contributed by atoms with E-state index < -0.39 is 0 Å². The van der Waals surface area contributed by atoms with E-state index in [-0.39, 0.29) is 0 Å². The molecule has 1 nitrogen and oxygen atoms in total. The van der Waals surface area contributed by atoms with Gasteiger partial charge in [0.05, 0.1) is 0 Å². The summed E-state index contributed by atoms with van der Waals surface area (Å²) in [6.45, 7) is 1.17. The van der Waals surface area contributed by atoms with Crippen LogP contribution in [-0.4, -0.2) is 6.54 Å². The molecular weight excluding hydrogens is 134 g/mol. The van der Waals surface area contributed by atoms with Crippen molar-refractivity contribution in [2.45, 2.75) is 18.9 Å². The molecule has 1 aliphatic heterocycles. The molecule has 1 unspecified atom stereocenters. The number of rotatable bonds is 1. The van der Waals surface area contributed by atoms with E-state index in [4.69, 9.17) is 0 Å². The average Bonchev–Trinajstić information content (AvgIpc) is 2.58. The van der Waals surface area contributed by atoms with Gasteiger partial charge < -0.3 is 5.32 Å². The second-order valence-corrected chi connectivity index (χ2v) is 2.99. The predicted octanol–water partition coefficient (Wildman–Crippen LogP) is 1.91. The molecule has 1 fully saturated rings. The molecule has 0 amide bonds. The SMILES string of the molecule is [c]1cccc(C2CCCN2)c1. The molecule has 1 heteroatoms. The van der Waals surface area contributed by atoms with Gasteiger partial charge in [0.2, 0.25) is 0 Å². The van der Waals surface area contributed by atoms with Gasteiger partial charge in [0.25, 0.3) is 0 Å². The van der Waals surface area contributed by atoms with E-state index >= 15 is 0 Å². The van der Waals surface area contributed by atoms with Crippen molar-refractivity contribution in [1.82, 2.24) is 5.32 Å². The van der Waals surface area contributed by atoms with Crippen LogP contribution in [0.25, 0.3) is 0 Å². The summed E-state index contributed by atoms with van der Waals surface area (Å²) in [6.07, 6.45) is 2.58. The Morgan fingerprint density at radius 1 is 1.55 bits per heavy atom. The van der Waals surface area contributed by atoms with E-state index in [0.717, 1.165) is 0 Å². The van der Waals surface area contributed by atoms with Crippen LogP contribution in [-0.2, 0) is 0 Å². The van der Waals surface area contributed by atoms with E-state index in [2.05, 4.69) is 29.6 Å². The van der Waals surface area contributed by atoms with Crippen molar-refractivity contribution in [3.8, 4) is 0 Å². The van der Waals surface area contributed by atoms with E-state index in [1.165, 1.54) is 24.9 Å². The summed E-state index contributed by atoms with van der Waals surface area (Å²) < 4.78 is 0. The first-order valence-corrected chi connectivity index (χ1v) is 4.16. The Hall–Kier alpha value is -0.820. The van der Waals surface area contributed by atoms with Crippen molar-refractivity contribution in [2.24, 2.45) is 0 Å². The lowest BCUT2D eigenvalue weighted by Gasteiger charge is -2.08. The first kappa shape index (κ1) is 6.86. The summed E-state index contributed by atoms with van der Waals surface area (Å²) >= 11 is 0. The van der Waals surface area contributed by atoms with Gasteiger partial charge in [-0.15, -0.1) is 0 Å². The summed E-state index contributed by atoms with van der Waals surface area (Å²) in [7, 11) is 0. The van der Waals surface area contributed by atoms with Crippen LogP contribution >= 0.6 is 0 Å². The van der Waals surface area contributed by atoms with Crippen LogP contribution in [0.1, 0.15) is 24.4 Å². The van der Waals surface area contributed by atoms with Gasteiger partial charge in [-0.1, -0.05) is 18.2 Å². The highest BCUT2D eigenvalue weighted by molar-refractivity contribution is 5.18. The Morgan fingerprint density at radius 2 is 2.55 bits per heavy atom. The lowest BCUT2D eigenvalue weighted by Crippen LogP contribution is -2.12. The van der Waals surface area contributed by atoms with Crippen molar-refractivity contribution in [2.75, 3.05) is 6.54 Å². The Morgan fingerprint density at radius 3 is 3.18 bits per heavy atom. The maximum absolute atomic E-state index is 3.45. The molecule has 57 valence electrons. The number of benzene rings is 1. The Labute approximate surface area is 67.4 Å². The van der Waals surface area contributed by atoms with Crippen LogP contribution in [0.15, 0.2) is 24.3 Å². The van der Waals surface area contributed by atoms with Gasteiger partial charge >= 0.3 is 0 Å². The van der Waals surface area contributed by atoms with E-state index in [1.807, 2.05) is 6.07 Å². The molecule has 0 aliphatic carbocycles. The van der Waals surface area contributed by atoms with Gasteiger partial charge in [-0.2, -0.15) is 0 Å². The minimum absolute atomic E-state index is 0.590. The minimum atomic E-state index is 0.590. The molecule has 1 saturated heterocycles. The lowest BCUT2D eigenvalue weighted by atomic mass is 10.1. The fourth-order valence-electron chi connectivity index (χ4n) is 1.59. The topological polar surface area (TPSA) is 12.0 Å². The highest BCUT2D eigenvalue weighted by Gasteiger charge is 2.14. The molecule has 0 saturated carbocycles. The smallest absolute Gasteiger partial charge is 0.0320 e. The third-order valence-electron chi connectivity index (χ3n) is 2.19. The normalized spacial score (nSPS) is 23.8. The highest BCUT2D eigenvalue weighted by atomic mass is 14.9. The second-order valence-electron chi connectivity index (χ2n) is 2.99. The summed E-state index contributed by atoms with van der Waals surface area (Å²) in [5.74, 6) is 0. The van der Waals surface area contributed by atoms with E-state index in [1.54, 1.807) is 0 Å². The summed E-state index contributed by atoms with van der Waals surface area (Å²) in [4.78, 5) is 0. The molecule has 1 radical (unpaired) electrons. The van der Waals surface area contributed by atoms with Crippen molar-refractivity contribution < 1.29 is 0 Å². The van der Waals surface area contributed by atoms with Gasteiger partial charge in [0, 0.05) is 6.04 Å². The van der Waals surface area contributed by atoms with Crippen molar-refractivity contribution in [3.63, 3.8) is 0 Å². The van der Waals surface area contributed by atoms with Gasteiger partial charge in [-0.3, -0.25) is 0 Å². The number of nitrogens with one attached hydrogen (secondary N) is 1. The zero-order valence-corrected chi connectivity index (χ0v) is 6.51. The third-order valence-corrected chi connectivity index (χ3v) is 2.19. The van der Waals surface area contributed by atoms with Crippen LogP contribution in [0.3, 0.4) is 0 Å². The first-order chi connectivity index (χ1) is 5.47. The van der Waals surface area contributed by atoms with E-state index in [0.29, 0.717) is 6.04 Å². The van der Waals surface area contributed by atoms with Gasteiger partial charge in [0.1, 0.15) is 0 Å². The van der Waals surface area contributed by atoms with Crippen LogP contribution < -0.4 is 5.32 Å². The molecule has 0 bridgehead atoms. The highest BCUT2D eigenvalue weighted by Crippen LogP contribution is 2.21. The monoisotopic (exact) mass is 146 g/mol. The second kappa shape index (κ2) is 3.05. The number of hydrogen-bond donors (Lipinski definition) is 1. The molecule has 1 aliphatic rings. The van der Waals surface area contributed by atoms with Crippen LogP contribution in [0.5, 0.6) is 0 Å². The molecule has 1 aromatic carbocycles. The van der Waals surface area contributed by atoms with Crippen molar-refractivity contribution in [1.29, 1.82) is 0 Å². The first-order valence-electron chi connectivity index (χ1n) is 4.16. The fourth-order valence-corrected chi connectivity index (χ4v) is 1.59. The Bertz CT molecular complexity index is 212. The standard InChI is InChI=1S/C10H12N/c1-2-5-9(6-3-1)10-7-4-8-11-10/h1-2,5-6,10-11H,4,7-8H2. The number of hydrogen-bond acceptors (Lipinski definition) is 1. The molecule has 1 heterocycles. The molecule has 2 rings (SSSR count). The lowest BCUT2D eigenvalue weighted by molar-refractivity contribution is 0.648. The molecule has 1 atom stereocenters. The van der Waals surface area contributed by atoms with Gasteiger partial charge in [0.15, 0.2) is 0 Å². The Kier molecular flexibility index (Phi) is 1.91. The molecule has 1 aromatic rings. The maximum atomic E-state index is 3.45. The zero-order chi connectivity index (χ0) is 7.52. The maximum Gasteiger partial charge on any atom is 0.0320 e.